The lowest BCUT2D eigenvalue weighted by molar-refractivity contribution is -0.113. The van der Waals surface area contributed by atoms with Crippen LogP contribution in [0.25, 0.3) is 6.08 Å². The maximum Gasteiger partial charge on any atom is 0.271 e. The summed E-state index contributed by atoms with van der Waals surface area (Å²) in [4.78, 5) is 20.7. The highest BCUT2D eigenvalue weighted by atomic mass is 32.2. The van der Waals surface area contributed by atoms with Crippen molar-refractivity contribution in [1.82, 2.24) is 0 Å². The number of amidine groups is 1. The second-order valence-electron chi connectivity index (χ2n) is 7.82. The molecule has 4 nitrogen and oxygen atoms in total. The van der Waals surface area contributed by atoms with Crippen LogP contribution in [0.4, 0.5) is 5.69 Å². The van der Waals surface area contributed by atoms with Crippen LogP contribution in [0.5, 0.6) is 5.75 Å². The monoisotopic (exact) mass is 406 g/mol. The molecule has 0 spiro atoms. The Kier molecular flexibility index (Phi) is 5.50. The molecule has 2 aliphatic heterocycles. The highest BCUT2D eigenvalue weighted by Gasteiger charge is 2.36. The first kappa shape index (κ1) is 19.8. The van der Waals surface area contributed by atoms with E-state index < -0.39 is 0 Å². The van der Waals surface area contributed by atoms with Gasteiger partial charge < -0.3 is 4.74 Å². The van der Waals surface area contributed by atoms with Crippen LogP contribution >= 0.6 is 11.8 Å². The number of nitrogens with zero attached hydrogens (tertiary/aromatic N) is 2. The number of carbonyl (C=O) groups excluding carboxylic acids is 1. The standard InChI is InChI=1S/C24H26N2O2S/c1-15(2)25-24-26(22-16(3)7-5-8-17(22)4)23(27)21(29-24)14-18-10-11-20-19(13-18)9-6-12-28-20/h5,7-8,10-11,13-15H,6,9,12H2,1-4H3/b21-14-,25-24-. The summed E-state index contributed by atoms with van der Waals surface area (Å²) >= 11 is 1.46. The Balaban J connectivity index is 1.75. The minimum Gasteiger partial charge on any atom is -0.493 e. The molecule has 2 heterocycles. The maximum atomic E-state index is 13.4. The molecule has 0 atom stereocenters. The van der Waals surface area contributed by atoms with E-state index in [0.717, 1.165) is 52.7 Å². The van der Waals surface area contributed by atoms with Gasteiger partial charge in [-0.15, -0.1) is 0 Å². The smallest absolute Gasteiger partial charge is 0.271 e. The third-order valence-electron chi connectivity index (χ3n) is 5.07. The van der Waals surface area contributed by atoms with Crippen molar-refractivity contribution >= 4 is 34.6 Å². The SMILES string of the molecule is Cc1cccc(C)c1N1C(=O)/C(=C/c2ccc3c(c2)CCCO3)S/C1=N\C(C)C. The van der Waals surface area contributed by atoms with Crippen LogP contribution in [0.3, 0.4) is 0 Å². The van der Waals surface area contributed by atoms with E-state index in [0.29, 0.717) is 4.91 Å². The van der Waals surface area contributed by atoms with Gasteiger partial charge in [-0.3, -0.25) is 14.7 Å². The predicted octanol–water partition coefficient (Wildman–Crippen LogP) is 5.51. The molecule has 0 radical (unpaired) electrons. The van der Waals surface area contributed by atoms with Crippen molar-refractivity contribution in [2.75, 3.05) is 11.5 Å². The molecule has 1 fully saturated rings. The average molecular weight is 407 g/mol. The van der Waals surface area contributed by atoms with E-state index in [1.165, 1.54) is 17.3 Å². The van der Waals surface area contributed by atoms with Crippen molar-refractivity contribution < 1.29 is 9.53 Å². The molecule has 0 bridgehead atoms. The largest absolute Gasteiger partial charge is 0.493 e. The Hall–Kier alpha value is -2.53. The molecule has 150 valence electrons. The first-order valence-electron chi connectivity index (χ1n) is 10.1. The summed E-state index contributed by atoms with van der Waals surface area (Å²) in [5.74, 6) is 0.948. The van der Waals surface area contributed by atoms with Gasteiger partial charge in [-0.2, -0.15) is 0 Å². The summed E-state index contributed by atoms with van der Waals surface area (Å²) in [5, 5.41) is 0.745. The molecule has 1 amide bonds. The molecule has 2 aromatic rings. The zero-order valence-electron chi connectivity index (χ0n) is 17.4. The van der Waals surface area contributed by atoms with Gasteiger partial charge in [0.25, 0.3) is 5.91 Å². The van der Waals surface area contributed by atoms with Gasteiger partial charge in [0.05, 0.1) is 17.2 Å². The summed E-state index contributed by atoms with van der Waals surface area (Å²) in [7, 11) is 0. The van der Waals surface area contributed by atoms with Gasteiger partial charge in [0.1, 0.15) is 5.75 Å². The Morgan fingerprint density at radius 3 is 2.66 bits per heavy atom. The lowest BCUT2D eigenvalue weighted by atomic mass is 10.0. The molecule has 1 saturated heterocycles. The number of aliphatic imine (C=N–C) groups is 1. The second kappa shape index (κ2) is 8.07. The van der Waals surface area contributed by atoms with Crippen LogP contribution in [-0.4, -0.2) is 23.7 Å². The van der Waals surface area contributed by atoms with E-state index >= 15 is 0 Å². The first-order chi connectivity index (χ1) is 13.9. The molecule has 0 saturated carbocycles. The summed E-state index contributed by atoms with van der Waals surface area (Å²) in [6, 6.07) is 12.4. The van der Waals surface area contributed by atoms with Crippen LogP contribution in [0, 0.1) is 13.8 Å². The fourth-order valence-electron chi connectivity index (χ4n) is 3.76. The summed E-state index contributed by atoms with van der Waals surface area (Å²) in [6.45, 7) is 8.93. The summed E-state index contributed by atoms with van der Waals surface area (Å²) in [6.07, 6.45) is 4.03. The van der Waals surface area contributed by atoms with Crippen LogP contribution in [0.1, 0.15) is 42.5 Å². The molecule has 0 unspecified atom stereocenters. The molecule has 0 N–H and O–H groups in total. The molecule has 4 rings (SSSR count). The Bertz CT molecular complexity index is 1000. The number of amides is 1. The van der Waals surface area contributed by atoms with Gasteiger partial charge in [-0.25, -0.2) is 0 Å². The third kappa shape index (κ3) is 3.97. The van der Waals surface area contributed by atoms with Crippen LogP contribution in [0.2, 0.25) is 0 Å². The van der Waals surface area contributed by atoms with Crippen molar-refractivity contribution in [2.24, 2.45) is 4.99 Å². The molecule has 0 aliphatic carbocycles. The maximum absolute atomic E-state index is 13.4. The van der Waals surface area contributed by atoms with E-state index in [9.17, 15) is 4.79 Å². The number of aryl methyl sites for hydroxylation is 3. The number of carbonyl (C=O) groups is 1. The van der Waals surface area contributed by atoms with E-state index in [-0.39, 0.29) is 11.9 Å². The van der Waals surface area contributed by atoms with Gasteiger partial charge in [-0.1, -0.05) is 24.3 Å². The van der Waals surface area contributed by atoms with Crippen molar-refractivity contribution in [1.29, 1.82) is 0 Å². The number of hydrogen-bond acceptors (Lipinski definition) is 4. The lowest BCUT2D eigenvalue weighted by Gasteiger charge is -2.21. The number of anilines is 1. The third-order valence-corrected chi connectivity index (χ3v) is 6.05. The number of ether oxygens (including phenoxy) is 1. The quantitative estimate of drug-likeness (QED) is 0.631. The molecule has 29 heavy (non-hydrogen) atoms. The number of rotatable bonds is 3. The number of hydrogen-bond donors (Lipinski definition) is 0. The van der Waals surface area contributed by atoms with E-state index in [1.54, 1.807) is 4.90 Å². The average Bonchev–Trinajstić information content (AvgIpc) is 2.96. The highest BCUT2D eigenvalue weighted by Crippen LogP contribution is 2.39. The minimum atomic E-state index is -0.0132. The molecular weight excluding hydrogens is 380 g/mol. The first-order valence-corrected chi connectivity index (χ1v) is 10.9. The predicted molar refractivity (Wildman–Crippen MR) is 122 cm³/mol. The Morgan fingerprint density at radius 2 is 1.93 bits per heavy atom. The topological polar surface area (TPSA) is 41.9 Å². The molecular formula is C24H26N2O2S. The number of thioether (sulfide) groups is 1. The normalized spacial score (nSPS) is 19.2. The minimum absolute atomic E-state index is 0.0132. The van der Waals surface area contributed by atoms with Crippen molar-refractivity contribution in [2.45, 2.75) is 46.6 Å². The Morgan fingerprint density at radius 1 is 1.17 bits per heavy atom. The van der Waals surface area contributed by atoms with Gasteiger partial charge in [0, 0.05) is 6.04 Å². The van der Waals surface area contributed by atoms with Gasteiger partial charge in [0.15, 0.2) is 5.17 Å². The molecule has 5 heteroatoms. The number of benzene rings is 2. The molecule has 2 aromatic carbocycles. The number of para-hydroxylation sites is 1. The molecule has 0 aromatic heterocycles. The van der Waals surface area contributed by atoms with E-state index in [1.807, 2.05) is 64.1 Å². The van der Waals surface area contributed by atoms with Crippen LogP contribution < -0.4 is 9.64 Å². The second-order valence-corrected chi connectivity index (χ2v) is 8.83. The summed E-state index contributed by atoms with van der Waals surface area (Å²) in [5.41, 5.74) is 5.32. The van der Waals surface area contributed by atoms with Crippen molar-refractivity contribution in [3.8, 4) is 5.75 Å². The van der Waals surface area contributed by atoms with Crippen molar-refractivity contribution in [3.63, 3.8) is 0 Å². The summed E-state index contributed by atoms with van der Waals surface area (Å²) < 4.78 is 5.71. The van der Waals surface area contributed by atoms with E-state index in [4.69, 9.17) is 9.73 Å². The van der Waals surface area contributed by atoms with Gasteiger partial charge in [-0.05, 0) is 92.8 Å². The van der Waals surface area contributed by atoms with Gasteiger partial charge >= 0.3 is 0 Å². The fourth-order valence-corrected chi connectivity index (χ4v) is 4.86. The van der Waals surface area contributed by atoms with Crippen molar-refractivity contribution in [3.05, 3.63) is 63.6 Å². The molecule has 2 aliphatic rings. The zero-order chi connectivity index (χ0) is 20.5. The van der Waals surface area contributed by atoms with Crippen LogP contribution in [0.15, 0.2) is 46.3 Å². The van der Waals surface area contributed by atoms with E-state index in [2.05, 4.69) is 6.07 Å². The zero-order valence-corrected chi connectivity index (χ0v) is 18.2. The van der Waals surface area contributed by atoms with Crippen LogP contribution in [-0.2, 0) is 11.2 Å². The van der Waals surface area contributed by atoms with Gasteiger partial charge in [0.2, 0.25) is 0 Å². The highest BCUT2D eigenvalue weighted by molar-refractivity contribution is 8.19. The fraction of sp³-hybridized carbons (Fsp3) is 0.333. The Labute approximate surface area is 176 Å². The number of fused-ring (bicyclic) bond motifs is 1. The lowest BCUT2D eigenvalue weighted by Crippen LogP contribution is -2.30.